The van der Waals surface area contributed by atoms with Crippen molar-refractivity contribution in [2.24, 2.45) is 0 Å². The number of hydrazine groups is 1. The molecule has 0 atom stereocenters. The predicted octanol–water partition coefficient (Wildman–Crippen LogP) is 2.85. The van der Waals surface area contributed by atoms with E-state index in [1.165, 1.54) is 24.2 Å². The molecule has 0 aliphatic carbocycles. The zero-order chi connectivity index (χ0) is 20.5. The van der Waals surface area contributed by atoms with E-state index >= 15 is 0 Å². The van der Waals surface area contributed by atoms with Gasteiger partial charge in [-0.2, -0.15) is 0 Å². The lowest BCUT2D eigenvalue weighted by Gasteiger charge is -2.11. The molecule has 2 amide bonds. The highest BCUT2D eigenvalue weighted by Gasteiger charge is 2.10. The third-order valence-corrected chi connectivity index (χ3v) is 4.12. The second kappa shape index (κ2) is 10.0. The van der Waals surface area contributed by atoms with Gasteiger partial charge in [-0.15, -0.1) is 0 Å². The Morgan fingerprint density at radius 1 is 0.897 bits per heavy atom. The van der Waals surface area contributed by atoms with Crippen molar-refractivity contribution in [2.45, 2.75) is 6.42 Å². The summed E-state index contributed by atoms with van der Waals surface area (Å²) >= 11 is 5.00. The van der Waals surface area contributed by atoms with Crippen molar-refractivity contribution in [2.75, 3.05) is 6.61 Å². The molecule has 0 saturated heterocycles. The first-order valence-electron chi connectivity index (χ1n) is 8.82. The Morgan fingerprint density at radius 3 is 2.34 bits per heavy atom. The van der Waals surface area contributed by atoms with Crippen LogP contribution in [0.5, 0.6) is 5.75 Å². The third-order valence-electron chi connectivity index (χ3n) is 3.92. The molecule has 2 aromatic carbocycles. The van der Waals surface area contributed by atoms with E-state index in [0.29, 0.717) is 23.5 Å². The molecule has 7 nitrogen and oxygen atoms in total. The largest absolute Gasteiger partial charge is 0.493 e. The molecule has 3 aromatic rings. The van der Waals surface area contributed by atoms with Crippen LogP contribution in [0, 0.1) is 0 Å². The van der Waals surface area contributed by atoms with Gasteiger partial charge in [0.05, 0.1) is 18.4 Å². The summed E-state index contributed by atoms with van der Waals surface area (Å²) in [6.07, 6.45) is 3.47. The van der Waals surface area contributed by atoms with Crippen molar-refractivity contribution < 1.29 is 18.7 Å². The summed E-state index contributed by atoms with van der Waals surface area (Å²) in [6, 6.07) is 18.3. The topological polar surface area (TPSA) is 92.6 Å². The minimum Gasteiger partial charge on any atom is -0.493 e. The number of furan rings is 1. The molecule has 148 valence electrons. The maximum atomic E-state index is 12.2. The van der Waals surface area contributed by atoms with Gasteiger partial charge in [0.1, 0.15) is 12.0 Å². The van der Waals surface area contributed by atoms with Crippen LogP contribution in [0.15, 0.2) is 77.6 Å². The Hall–Kier alpha value is -3.65. The molecule has 1 aromatic heterocycles. The number of ether oxygens (including phenoxy) is 1. The molecule has 3 rings (SSSR count). The molecule has 0 spiro atoms. The molecule has 0 aliphatic rings. The Bertz CT molecular complexity index is 957. The number of hydrogen-bond donors (Lipinski definition) is 3. The Morgan fingerprint density at radius 2 is 1.66 bits per heavy atom. The minimum atomic E-state index is -0.438. The van der Waals surface area contributed by atoms with E-state index in [-0.39, 0.29) is 5.11 Å². The van der Waals surface area contributed by atoms with E-state index in [0.717, 1.165) is 6.42 Å². The van der Waals surface area contributed by atoms with Crippen LogP contribution < -0.4 is 20.9 Å². The van der Waals surface area contributed by atoms with Crippen molar-refractivity contribution in [1.29, 1.82) is 0 Å². The molecular formula is C21H19N3O4S. The van der Waals surface area contributed by atoms with Gasteiger partial charge in [-0.05, 0) is 48.1 Å². The lowest BCUT2D eigenvalue weighted by molar-refractivity contribution is 0.0934. The molecule has 0 bridgehead atoms. The standard InChI is InChI=1S/C21H19N3O4S/c25-19(22-21(29)24-23-20(26)17-11-12-27-14-17)16-6-8-18(9-7-16)28-13-10-15-4-2-1-3-5-15/h1-9,11-12,14H,10,13H2,(H,23,26)(H2,22,24,25,29). The van der Waals surface area contributed by atoms with Crippen molar-refractivity contribution in [3.63, 3.8) is 0 Å². The normalized spacial score (nSPS) is 10.1. The fourth-order valence-electron chi connectivity index (χ4n) is 2.42. The number of thiocarbonyl (C=S) groups is 1. The first-order chi connectivity index (χ1) is 14.1. The lowest BCUT2D eigenvalue weighted by atomic mass is 10.2. The highest BCUT2D eigenvalue weighted by molar-refractivity contribution is 7.80. The van der Waals surface area contributed by atoms with E-state index in [4.69, 9.17) is 21.4 Å². The fourth-order valence-corrected chi connectivity index (χ4v) is 2.56. The van der Waals surface area contributed by atoms with Crippen LogP contribution >= 0.6 is 12.2 Å². The number of nitrogens with one attached hydrogen (secondary N) is 3. The number of carbonyl (C=O) groups excluding carboxylic acids is 2. The summed E-state index contributed by atoms with van der Waals surface area (Å²) in [6.45, 7) is 0.542. The molecule has 0 aliphatic heterocycles. The minimum absolute atomic E-state index is 0.0324. The smallest absolute Gasteiger partial charge is 0.272 e. The van der Waals surface area contributed by atoms with Gasteiger partial charge in [0.15, 0.2) is 5.11 Å². The predicted molar refractivity (Wildman–Crippen MR) is 111 cm³/mol. The molecule has 8 heteroatoms. The van der Waals surface area contributed by atoms with E-state index in [1.807, 2.05) is 30.3 Å². The maximum absolute atomic E-state index is 12.2. The monoisotopic (exact) mass is 409 g/mol. The number of rotatable bonds is 6. The van der Waals surface area contributed by atoms with E-state index < -0.39 is 11.8 Å². The van der Waals surface area contributed by atoms with Crippen LogP contribution in [0.4, 0.5) is 0 Å². The highest BCUT2D eigenvalue weighted by atomic mass is 32.1. The quantitative estimate of drug-likeness (QED) is 0.428. The first kappa shape index (κ1) is 20.1. The van der Waals surface area contributed by atoms with Gasteiger partial charge in [0.25, 0.3) is 11.8 Å². The Balaban J connectivity index is 1.42. The summed E-state index contributed by atoms with van der Waals surface area (Å²) in [4.78, 5) is 24.0. The van der Waals surface area contributed by atoms with Gasteiger partial charge in [0, 0.05) is 12.0 Å². The summed E-state index contributed by atoms with van der Waals surface area (Å²) < 4.78 is 10.5. The summed E-state index contributed by atoms with van der Waals surface area (Å²) in [7, 11) is 0. The number of amides is 2. The molecule has 3 N–H and O–H groups in total. The molecule has 0 saturated carbocycles. The van der Waals surface area contributed by atoms with E-state index in [9.17, 15) is 9.59 Å². The third kappa shape index (κ3) is 6.18. The zero-order valence-electron chi connectivity index (χ0n) is 15.4. The second-order valence-electron chi connectivity index (χ2n) is 5.98. The van der Waals surface area contributed by atoms with E-state index in [1.54, 1.807) is 24.3 Å². The molecule has 0 fully saturated rings. The maximum Gasteiger partial charge on any atom is 0.272 e. The molecule has 29 heavy (non-hydrogen) atoms. The van der Waals surface area contributed by atoms with Gasteiger partial charge in [-0.25, -0.2) is 0 Å². The van der Waals surface area contributed by atoms with Crippen molar-refractivity contribution >= 4 is 29.1 Å². The number of carbonyl (C=O) groups is 2. The van der Waals surface area contributed by atoms with Crippen molar-refractivity contribution in [1.82, 2.24) is 16.2 Å². The second-order valence-corrected chi connectivity index (χ2v) is 6.39. The van der Waals surface area contributed by atoms with Crippen LogP contribution in [0.25, 0.3) is 0 Å². The number of benzene rings is 2. The van der Waals surface area contributed by atoms with Crippen LogP contribution in [0.1, 0.15) is 26.3 Å². The summed E-state index contributed by atoms with van der Waals surface area (Å²) in [5.74, 6) is -0.172. The van der Waals surface area contributed by atoms with Gasteiger partial charge in [0.2, 0.25) is 0 Å². The van der Waals surface area contributed by atoms with Gasteiger partial charge in [-0.1, -0.05) is 30.3 Å². The SMILES string of the molecule is O=C(NNC(=S)NC(=O)c1ccc(OCCc2ccccc2)cc1)c1ccoc1. The Kier molecular flexibility index (Phi) is 6.96. The van der Waals surface area contributed by atoms with Gasteiger partial charge >= 0.3 is 0 Å². The van der Waals surface area contributed by atoms with E-state index in [2.05, 4.69) is 16.2 Å². The summed E-state index contributed by atoms with van der Waals surface area (Å²) in [5, 5.41) is 2.45. The van der Waals surface area contributed by atoms with Crippen molar-refractivity contribution in [3.05, 3.63) is 89.9 Å². The molecule has 0 unspecified atom stereocenters. The van der Waals surface area contributed by atoms with Gasteiger partial charge in [-0.3, -0.25) is 25.8 Å². The van der Waals surface area contributed by atoms with Crippen LogP contribution in [-0.2, 0) is 6.42 Å². The molecule has 1 heterocycles. The first-order valence-corrected chi connectivity index (χ1v) is 9.23. The summed E-state index contributed by atoms with van der Waals surface area (Å²) in [5.41, 5.74) is 6.76. The fraction of sp³-hybridized carbons (Fsp3) is 0.0952. The highest BCUT2D eigenvalue weighted by Crippen LogP contribution is 2.13. The molecular weight excluding hydrogens is 390 g/mol. The van der Waals surface area contributed by atoms with Gasteiger partial charge < -0.3 is 9.15 Å². The molecule has 0 radical (unpaired) electrons. The van der Waals surface area contributed by atoms with Crippen LogP contribution in [-0.4, -0.2) is 23.5 Å². The van der Waals surface area contributed by atoms with Crippen LogP contribution in [0.3, 0.4) is 0 Å². The van der Waals surface area contributed by atoms with Crippen molar-refractivity contribution in [3.8, 4) is 5.75 Å². The Labute approximate surface area is 173 Å². The average Bonchev–Trinajstić information content (AvgIpc) is 3.28. The average molecular weight is 409 g/mol. The van der Waals surface area contributed by atoms with Crippen LogP contribution in [0.2, 0.25) is 0 Å². The lowest BCUT2D eigenvalue weighted by Crippen LogP contribution is -2.48. The zero-order valence-corrected chi connectivity index (χ0v) is 16.2. The number of hydrogen-bond acceptors (Lipinski definition) is 5.